The van der Waals surface area contributed by atoms with Crippen LogP contribution in [-0.4, -0.2) is 135 Å². The third-order valence-corrected chi connectivity index (χ3v) is 17.3. The minimum Gasteiger partial charge on any atom is -0.462 e. The van der Waals surface area contributed by atoms with Gasteiger partial charge in [0.2, 0.25) is 5.91 Å². The number of fused-ring (bicyclic) bond motifs is 6. The van der Waals surface area contributed by atoms with Crippen LogP contribution in [0.25, 0.3) is 0 Å². The summed E-state index contributed by atoms with van der Waals surface area (Å²) in [5.41, 5.74) is -1.33. The molecule has 2 amide bonds. The summed E-state index contributed by atoms with van der Waals surface area (Å²) in [5.74, 6) is -7.88. The average Bonchev–Trinajstić information content (AvgIpc) is 4.06. The number of carbonyl (C=O) groups is 7. The summed E-state index contributed by atoms with van der Waals surface area (Å²) < 4.78 is 35.9. The Morgan fingerprint density at radius 1 is 0.859 bits per heavy atom. The molecular weight excluding hydrogens is 975 g/mol. The van der Waals surface area contributed by atoms with Crippen LogP contribution in [0.4, 0.5) is 0 Å². The summed E-state index contributed by atoms with van der Waals surface area (Å²) in [6.07, 6.45) is -4.06. The molecule has 6 bridgehead atoms. The van der Waals surface area contributed by atoms with E-state index >= 15 is 0 Å². The van der Waals surface area contributed by atoms with E-state index in [1.165, 1.54) is 50.8 Å². The molecule has 0 saturated heterocycles. The van der Waals surface area contributed by atoms with Crippen molar-refractivity contribution in [1.29, 1.82) is 0 Å². The quantitative estimate of drug-likeness (QED) is 0.158. The minimum absolute atomic E-state index is 0.155. The highest BCUT2D eigenvalue weighted by Crippen LogP contribution is 2.41. The minimum atomic E-state index is -1.63. The molecule has 2 N–H and O–H groups in total. The van der Waals surface area contributed by atoms with E-state index < -0.39 is 125 Å². The molecule has 0 aliphatic carbocycles. The molecule has 0 spiro atoms. The van der Waals surface area contributed by atoms with Crippen LogP contribution in [0, 0.1) is 35.5 Å². The Balaban J connectivity index is 1.92. The largest absolute Gasteiger partial charge is 0.462 e. The maximum atomic E-state index is 14.8. The molecule has 18 nitrogen and oxygen atoms in total. The SMILES string of the molecule is CCC[C@@H](C)[C@H](OC(C)=O)[C@H](C)[C@H]1OC(=O)[C@H]([C@@H](C)OC(C)=O)NC(=O)[C@H](C(C)C)OC(=O)[C@H](C)[C@H](OC(C)=O)[C@H]([C@@H](C)CC)NC(=O)[C@@]2(C)CSC(=N2)[C@@]2(C)CSC(=N2)c2csc(n2)C[C@H](OC)[C@@H]1C. The number of ether oxygens (including phenoxy) is 6. The van der Waals surface area contributed by atoms with Gasteiger partial charge in [0.05, 0.1) is 28.1 Å². The fourth-order valence-electron chi connectivity index (χ4n) is 9.22. The molecule has 4 heterocycles. The summed E-state index contributed by atoms with van der Waals surface area (Å²) in [7, 11) is 1.55. The number of hydrogen-bond donors (Lipinski definition) is 2. The Labute approximate surface area is 431 Å². The van der Waals surface area contributed by atoms with Crippen LogP contribution < -0.4 is 10.6 Å². The number of hydrogen-bond acceptors (Lipinski definition) is 19. The molecule has 0 aromatic carbocycles. The van der Waals surface area contributed by atoms with Crippen molar-refractivity contribution < 1.29 is 62.0 Å². The standard InChI is InChI=1S/C50H77N5O13S3/c1-17-19-26(6)40(65-32(12)57)28(8)41-27(7)35(63-16)20-36-51-34(21-69-36)44-54-50(15,23-70-44)48-55-49(14,22-71-48)47(62)53-37(25(5)18-2)42(66-33(13)58)29(9)45(60)67-39(24(3)4)43(59)52-38(46(61)68-41)30(10)64-31(11)56/h21,24-30,35,37-42H,17-20,22-23H2,1-16H3,(H,52,59)(H,53,62)/t25-,26+,27-,28-,29+,30+,35-,37-,38-,39-,40-,41-,42-,49+,50+/m0/s1. The second kappa shape index (κ2) is 25.7. The molecule has 4 rings (SSSR count). The zero-order chi connectivity index (χ0) is 53.3. The number of thiazole rings is 1. The molecule has 1 aromatic rings. The molecule has 0 fully saturated rings. The Kier molecular flexibility index (Phi) is 21.6. The molecule has 3 aliphatic heterocycles. The van der Waals surface area contributed by atoms with Gasteiger partial charge in [-0.25, -0.2) is 9.78 Å². The van der Waals surface area contributed by atoms with Gasteiger partial charge in [0, 0.05) is 63.0 Å². The molecule has 0 unspecified atom stereocenters. The van der Waals surface area contributed by atoms with Gasteiger partial charge in [-0.2, -0.15) is 0 Å². The summed E-state index contributed by atoms with van der Waals surface area (Å²) in [5, 5.41) is 9.81. The number of carbonyl (C=O) groups excluding carboxylic acids is 7. The van der Waals surface area contributed by atoms with Crippen molar-refractivity contribution in [1.82, 2.24) is 15.6 Å². The number of cyclic esters (lactones) is 2. The van der Waals surface area contributed by atoms with Gasteiger partial charge >= 0.3 is 29.8 Å². The van der Waals surface area contributed by atoms with Crippen LogP contribution in [0.2, 0.25) is 0 Å². The normalized spacial score (nSPS) is 31.3. The summed E-state index contributed by atoms with van der Waals surface area (Å²) in [4.78, 5) is 111. The van der Waals surface area contributed by atoms with Crippen LogP contribution >= 0.6 is 34.9 Å². The van der Waals surface area contributed by atoms with Crippen molar-refractivity contribution in [3.63, 3.8) is 0 Å². The molecule has 0 radical (unpaired) electrons. The third kappa shape index (κ3) is 15.0. The van der Waals surface area contributed by atoms with E-state index in [9.17, 15) is 33.6 Å². The third-order valence-electron chi connectivity index (χ3n) is 13.6. The average molecular weight is 1050 g/mol. The number of methoxy groups -OCH3 is 1. The van der Waals surface area contributed by atoms with Crippen molar-refractivity contribution >= 4 is 86.6 Å². The van der Waals surface area contributed by atoms with Crippen LogP contribution in [0.5, 0.6) is 0 Å². The van der Waals surface area contributed by atoms with E-state index in [1.807, 2.05) is 53.8 Å². The lowest BCUT2D eigenvalue weighted by Gasteiger charge is -2.39. The Bertz CT molecular complexity index is 2150. The monoisotopic (exact) mass is 1050 g/mol. The van der Waals surface area contributed by atoms with Crippen molar-refractivity contribution in [3.05, 3.63) is 16.1 Å². The van der Waals surface area contributed by atoms with E-state index in [1.54, 1.807) is 39.6 Å². The first kappa shape index (κ1) is 59.5. The van der Waals surface area contributed by atoms with Gasteiger partial charge in [0.15, 0.2) is 12.1 Å². The molecule has 398 valence electrons. The van der Waals surface area contributed by atoms with Crippen molar-refractivity contribution in [2.75, 3.05) is 18.6 Å². The first-order chi connectivity index (χ1) is 33.2. The number of aromatic nitrogens is 1. The van der Waals surface area contributed by atoms with Gasteiger partial charge in [0.1, 0.15) is 46.2 Å². The topological polar surface area (TPSA) is 237 Å². The fourth-order valence-corrected chi connectivity index (χ4v) is 12.7. The maximum Gasteiger partial charge on any atom is 0.332 e. The number of nitrogens with zero attached hydrogens (tertiary/aromatic N) is 3. The summed E-state index contributed by atoms with van der Waals surface area (Å²) in [6, 6.07) is -2.52. The number of thioether (sulfide) groups is 2. The predicted molar refractivity (Wildman–Crippen MR) is 274 cm³/mol. The molecule has 21 heteroatoms. The highest BCUT2D eigenvalue weighted by atomic mass is 32.2. The van der Waals surface area contributed by atoms with Crippen LogP contribution in [0.1, 0.15) is 134 Å². The molecule has 3 aliphatic rings. The van der Waals surface area contributed by atoms with Gasteiger partial charge in [-0.3, -0.25) is 38.8 Å². The Morgan fingerprint density at radius 2 is 1.51 bits per heavy atom. The zero-order valence-electron chi connectivity index (χ0n) is 44.3. The number of amides is 2. The smallest absolute Gasteiger partial charge is 0.332 e. The van der Waals surface area contributed by atoms with E-state index in [4.69, 9.17) is 43.4 Å². The molecule has 71 heavy (non-hydrogen) atoms. The van der Waals surface area contributed by atoms with Crippen molar-refractivity contribution in [2.24, 2.45) is 45.5 Å². The van der Waals surface area contributed by atoms with Crippen LogP contribution in [-0.2, 0) is 68.4 Å². The Morgan fingerprint density at radius 3 is 2.08 bits per heavy atom. The Hall–Kier alpha value is -4.08. The first-order valence-electron chi connectivity index (χ1n) is 24.7. The van der Waals surface area contributed by atoms with Crippen molar-refractivity contribution in [2.45, 2.75) is 189 Å². The van der Waals surface area contributed by atoms with Gasteiger partial charge < -0.3 is 39.1 Å². The second-order valence-electron chi connectivity index (χ2n) is 20.2. The highest BCUT2D eigenvalue weighted by Gasteiger charge is 2.49. The number of rotatable bonds is 13. The lowest BCUT2D eigenvalue weighted by atomic mass is 9.80. The maximum absolute atomic E-state index is 14.8. The lowest BCUT2D eigenvalue weighted by molar-refractivity contribution is -0.177. The van der Waals surface area contributed by atoms with Gasteiger partial charge in [-0.15, -0.1) is 34.9 Å². The molecule has 15 atom stereocenters. The lowest BCUT2D eigenvalue weighted by Crippen LogP contribution is -2.58. The van der Waals surface area contributed by atoms with Crippen molar-refractivity contribution in [3.8, 4) is 0 Å². The highest BCUT2D eigenvalue weighted by molar-refractivity contribution is 8.16. The van der Waals surface area contributed by atoms with E-state index in [0.29, 0.717) is 46.5 Å². The van der Waals surface area contributed by atoms with E-state index in [0.717, 1.165) is 18.4 Å². The predicted octanol–water partition coefficient (Wildman–Crippen LogP) is 6.53. The van der Waals surface area contributed by atoms with E-state index in [-0.39, 0.29) is 11.8 Å². The summed E-state index contributed by atoms with van der Waals surface area (Å²) >= 11 is 4.42. The van der Waals surface area contributed by atoms with Gasteiger partial charge in [0.25, 0.3) is 5.91 Å². The molecule has 0 saturated carbocycles. The zero-order valence-corrected chi connectivity index (χ0v) is 46.7. The number of esters is 5. The molecule has 1 aromatic heterocycles. The van der Waals surface area contributed by atoms with Crippen LogP contribution in [0.15, 0.2) is 15.4 Å². The van der Waals surface area contributed by atoms with E-state index in [2.05, 4.69) is 10.6 Å². The molecular formula is C50H77N5O13S3. The first-order valence-corrected chi connectivity index (χ1v) is 27.5. The fraction of sp³-hybridized carbons (Fsp3) is 0.760. The van der Waals surface area contributed by atoms with Gasteiger partial charge in [-0.05, 0) is 51.9 Å². The second-order valence-corrected chi connectivity index (χ2v) is 23.0. The summed E-state index contributed by atoms with van der Waals surface area (Å²) in [6.45, 7) is 25.1. The van der Waals surface area contributed by atoms with Gasteiger partial charge in [-0.1, -0.05) is 68.2 Å². The van der Waals surface area contributed by atoms with Crippen LogP contribution in [0.3, 0.4) is 0 Å². The number of aliphatic imine (C=N–C) groups is 2. The number of nitrogens with one attached hydrogen (secondary N) is 2.